The highest BCUT2D eigenvalue weighted by atomic mass is 79.9. The zero-order valence-electron chi connectivity index (χ0n) is 10.1. The van der Waals surface area contributed by atoms with Gasteiger partial charge in [0.15, 0.2) is 0 Å². The summed E-state index contributed by atoms with van der Waals surface area (Å²) >= 11 is 15.4. The van der Waals surface area contributed by atoms with Crippen LogP contribution in [0.5, 0.6) is 0 Å². The molecule has 0 saturated carbocycles. The van der Waals surface area contributed by atoms with Gasteiger partial charge < -0.3 is 5.32 Å². The maximum absolute atomic E-state index is 10.7. The van der Waals surface area contributed by atoms with Crippen molar-refractivity contribution >= 4 is 50.5 Å². The Morgan fingerprint density at radius 1 is 1.15 bits per heavy atom. The molecule has 0 amide bonds. The van der Waals surface area contributed by atoms with Crippen molar-refractivity contribution in [3.63, 3.8) is 0 Å². The van der Waals surface area contributed by atoms with Gasteiger partial charge in [0.1, 0.15) is 0 Å². The molecule has 2 aromatic carbocycles. The first-order valence-electron chi connectivity index (χ1n) is 5.59. The van der Waals surface area contributed by atoms with Gasteiger partial charge in [-0.2, -0.15) is 0 Å². The monoisotopic (exact) mass is 374 g/mol. The van der Waals surface area contributed by atoms with E-state index in [2.05, 4.69) is 21.2 Å². The molecule has 104 valence electrons. The smallest absolute Gasteiger partial charge is 0.271 e. The predicted molar refractivity (Wildman–Crippen MR) is 84.6 cm³/mol. The number of benzene rings is 2. The number of nitro groups is 1. The van der Waals surface area contributed by atoms with Crippen LogP contribution in [-0.2, 0) is 6.54 Å². The van der Waals surface area contributed by atoms with E-state index in [1.807, 2.05) is 12.1 Å². The quantitative estimate of drug-likeness (QED) is 0.584. The summed E-state index contributed by atoms with van der Waals surface area (Å²) in [5.41, 5.74) is 1.36. The Morgan fingerprint density at radius 2 is 1.90 bits per heavy atom. The molecule has 7 heteroatoms. The Balaban J connectivity index is 2.18. The number of nitro benzene ring substituents is 1. The fourth-order valence-electron chi connectivity index (χ4n) is 1.62. The van der Waals surface area contributed by atoms with E-state index in [1.165, 1.54) is 18.2 Å². The summed E-state index contributed by atoms with van der Waals surface area (Å²) in [4.78, 5) is 10.3. The molecule has 2 aromatic rings. The van der Waals surface area contributed by atoms with Crippen molar-refractivity contribution in [2.24, 2.45) is 0 Å². The third kappa shape index (κ3) is 3.62. The first-order valence-corrected chi connectivity index (χ1v) is 7.14. The van der Waals surface area contributed by atoms with Crippen LogP contribution in [0.3, 0.4) is 0 Å². The minimum Gasteiger partial charge on any atom is -0.380 e. The van der Waals surface area contributed by atoms with E-state index in [0.717, 1.165) is 10.0 Å². The number of hydrogen-bond donors (Lipinski definition) is 1. The molecule has 4 nitrogen and oxygen atoms in total. The molecule has 0 heterocycles. The molecule has 0 bridgehead atoms. The first kappa shape index (κ1) is 15.1. The number of non-ortho nitro benzene ring substituents is 1. The van der Waals surface area contributed by atoms with Crippen molar-refractivity contribution in [3.8, 4) is 0 Å². The Kier molecular flexibility index (Phi) is 4.86. The molecule has 0 saturated heterocycles. The highest BCUT2D eigenvalue weighted by Crippen LogP contribution is 2.28. The molecule has 0 radical (unpaired) electrons. The molecule has 0 aromatic heterocycles. The summed E-state index contributed by atoms with van der Waals surface area (Å²) in [6, 6.07) is 9.77. The summed E-state index contributed by atoms with van der Waals surface area (Å²) in [6.07, 6.45) is 0. The fourth-order valence-corrected chi connectivity index (χ4v) is 2.54. The SMILES string of the molecule is O=[N+]([O-])c1ccc(Cl)c(NCc2ccc(Br)cc2Cl)c1. The predicted octanol–water partition coefficient (Wildman–Crippen LogP) is 5.28. The Labute approximate surface area is 134 Å². The normalized spacial score (nSPS) is 10.3. The molecule has 0 aliphatic carbocycles. The number of hydrogen-bond acceptors (Lipinski definition) is 3. The van der Waals surface area contributed by atoms with Crippen molar-refractivity contribution in [3.05, 3.63) is 66.6 Å². The summed E-state index contributed by atoms with van der Waals surface area (Å²) in [5.74, 6) is 0. The van der Waals surface area contributed by atoms with Crippen LogP contribution in [0.15, 0.2) is 40.9 Å². The van der Waals surface area contributed by atoms with Crippen molar-refractivity contribution < 1.29 is 4.92 Å². The molecular formula is C13H9BrCl2N2O2. The highest BCUT2D eigenvalue weighted by Gasteiger charge is 2.10. The number of nitrogens with one attached hydrogen (secondary N) is 1. The van der Waals surface area contributed by atoms with Gasteiger partial charge in [0.2, 0.25) is 0 Å². The van der Waals surface area contributed by atoms with E-state index < -0.39 is 4.92 Å². The van der Waals surface area contributed by atoms with Crippen LogP contribution in [-0.4, -0.2) is 4.92 Å². The van der Waals surface area contributed by atoms with Gasteiger partial charge >= 0.3 is 0 Å². The second-order valence-corrected chi connectivity index (χ2v) is 5.74. The van der Waals surface area contributed by atoms with Crippen molar-refractivity contribution in [2.75, 3.05) is 5.32 Å². The standard InChI is InChI=1S/C13H9BrCl2N2O2/c14-9-2-1-8(12(16)5-9)7-17-13-6-10(18(19)20)3-4-11(13)15/h1-6,17H,7H2. The van der Waals surface area contributed by atoms with E-state index in [1.54, 1.807) is 6.07 Å². The average molecular weight is 376 g/mol. The van der Waals surface area contributed by atoms with Crippen LogP contribution < -0.4 is 5.32 Å². The molecule has 20 heavy (non-hydrogen) atoms. The van der Waals surface area contributed by atoms with E-state index >= 15 is 0 Å². The van der Waals surface area contributed by atoms with Crippen molar-refractivity contribution in [1.82, 2.24) is 0 Å². The van der Waals surface area contributed by atoms with Gasteiger partial charge in [-0.3, -0.25) is 10.1 Å². The van der Waals surface area contributed by atoms with Crippen LogP contribution in [0.2, 0.25) is 10.0 Å². The van der Waals surface area contributed by atoms with Gasteiger partial charge in [-0.05, 0) is 23.8 Å². The Hall–Kier alpha value is -1.30. The minimum atomic E-state index is -0.464. The maximum atomic E-state index is 10.7. The maximum Gasteiger partial charge on any atom is 0.271 e. The second-order valence-electron chi connectivity index (χ2n) is 4.01. The summed E-state index contributed by atoms with van der Waals surface area (Å²) in [5, 5.41) is 14.8. The molecule has 0 atom stereocenters. The lowest BCUT2D eigenvalue weighted by Crippen LogP contribution is -2.01. The lowest BCUT2D eigenvalue weighted by atomic mass is 10.2. The third-order valence-electron chi connectivity index (χ3n) is 2.65. The topological polar surface area (TPSA) is 55.2 Å². The van der Waals surface area contributed by atoms with Gasteiger partial charge in [0, 0.05) is 28.2 Å². The van der Waals surface area contributed by atoms with Crippen LogP contribution in [0.25, 0.3) is 0 Å². The minimum absolute atomic E-state index is 0.0150. The van der Waals surface area contributed by atoms with Crippen LogP contribution in [0, 0.1) is 10.1 Å². The molecule has 1 N–H and O–H groups in total. The van der Waals surface area contributed by atoms with Gasteiger partial charge in [-0.1, -0.05) is 45.2 Å². The van der Waals surface area contributed by atoms with E-state index in [-0.39, 0.29) is 5.69 Å². The Morgan fingerprint density at radius 3 is 2.55 bits per heavy atom. The molecule has 2 rings (SSSR count). The summed E-state index contributed by atoms with van der Waals surface area (Å²) in [6.45, 7) is 0.424. The lowest BCUT2D eigenvalue weighted by Gasteiger charge is -2.10. The molecule has 0 aliphatic rings. The Bertz CT molecular complexity index is 665. The summed E-state index contributed by atoms with van der Waals surface area (Å²) < 4.78 is 0.889. The zero-order valence-corrected chi connectivity index (χ0v) is 13.2. The van der Waals surface area contributed by atoms with Gasteiger partial charge in [-0.15, -0.1) is 0 Å². The lowest BCUT2D eigenvalue weighted by molar-refractivity contribution is -0.384. The number of halogens is 3. The van der Waals surface area contributed by atoms with Crippen LogP contribution >= 0.6 is 39.1 Å². The van der Waals surface area contributed by atoms with Gasteiger partial charge in [0.05, 0.1) is 15.6 Å². The molecule has 0 fully saturated rings. The van der Waals surface area contributed by atoms with Crippen molar-refractivity contribution in [2.45, 2.75) is 6.54 Å². The second kappa shape index (κ2) is 6.43. The number of nitrogens with zero attached hydrogens (tertiary/aromatic N) is 1. The molecule has 0 spiro atoms. The number of rotatable bonds is 4. The van der Waals surface area contributed by atoms with Gasteiger partial charge in [0.25, 0.3) is 5.69 Å². The molecule has 0 aliphatic heterocycles. The zero-order chi connectivity index (χ0) is 14.7. The van der Waals surface area contributed by atoms with Crippen molar-refractivity contribution in [1.29, 1.82) is 0 Å². The number of anilines is 1. The van der Waals surface area contributed by atoms with Gasteiger partial charge in [-0.25, -0.2) is 0 Å². The highest BCUT2D eigenvalue weighted by molar-refractivity contribution is 9.10. The summed E-state index contributed by atoms with van der Waals surface area (Å²) in [7, 11) is 0. The third-order valence-corrected chi connectivity index (χ3v) is 3.82. The van der Waals surface area contributed by atoms with E-state index in [0.29, 0.717) is 22.3 Å². The molecular weight excluding hydrogens is 367 g/mol. The van der Waals surface area contributed by atoms with E-state index in [4.69, 9.17) is 23.2 Å². The van der Waals surface area contributed by atoms with Crippen LogP contribution in [0.1, 0.15) is 5.56 Å². The first-order chi connectivity index (χ1) is 9.47. The largest absolute Gasteiger partial charge is 0.380 e. The van der Waals surface area contributed by atoms with E-state index in [9.17, 15) is 10.1 Å². The average Bonchev–Trinajstić information content (AvgIpc) is 2.39. The molecule has 0 unspecified atom stereocenters. The van der Waals surface area contributed by atoms with Crippen LogP contribution in [0.4, 0.5) is 11.4 Å². The fraction of sp³-hybridized carbons (Fsp3) is 0.0769.